The van der Waals surface area contributed by atoms with Gasteiger partial charge in [0.25, 0.3) is 10.0 Å². The Morgan fingerprint density at radius 1 is 1.26 bits per heavy atom. The van der Waals surface area contributed by atoms with Crippen LogP contribution in [0.1, 0.15) is 5.56 Å². The van der Waals surface area contributed by atoms with Gasteiger partial charge in [-0.15, -0.1) is 0 Å². The van der Waals surface area contributed by atoms with Gasteiger partial charge in [-0.25, -0.2) is 18.4 Å². The van der Waals surface area contributed by atoms with Crippen molar-refractivity contribution in [3.63, 3.8) is 0 Å². The number of aromatic nitrogens is 2. The van der Waals surface area contributed by atoms with E-state index < -0.39 is 10.0 Å². The number of sulfonamides is 1. The number of nitrogens with one attached hydrogen (secondary N) is 1. The summed E-state index contributed by atoms with van der Waals surface area (Å²) in [5.74, 6) is 0. The Balaban J connectivity index is 2.39. The number of hydrogen-bond donors (Lipinski definition) is 2. The molecule has 0 bridgehead atoms. The summed E-state index contributed by atoms with van der Waals surface area (Å²) in [6.07, 6.45) is 4.08. The van der Waals surface area contributed by atoms with E-state index in [0.717, 1.165) is 5.56 Å². The van der Waals surface area contributed by atoms with Crippen LogP contribution in [0.15, 0.2) is 46.3 Å². The molecular weight excluding hydrogens is 332 g/mol. The van der Waals surface area contributed by atoms with Gasteiger partial charge in [-0.3, -0.25) is 4.72 Å². The lowest BCUT2D eigenvalue weighted by Crippen LogP contribution is -2.14. The Hall–Kier alpha value is -1.51. The normalized spacial score (nSPS) is 11.3. The fourth-order valence-corrected chi connectivity index (χ4v) is 3.49. The van der Waals surface area contributed by atoms with Crippen LogP contribution in [-0.4, -0.2) is 18.4 Å². The molecule has 1 heterocycles. The van der Waals surface area contributed by atoms with Crippen molar-refractivity contribution in [2.24, 2.45) is 5.73 Å². The minimum Gasteiger partial charge on any atom is -0.326 e. The van der Waals surface area contributed by atoms with Crippen molar-refractivity contribution in [1.29, 1.82) is 0 Å². The first-order valence-electron chi connectivity index (χ1n) is 5.29. The SMILES string of the molecule is NCc1ccc(Br)c(S(=O)(=O)Nc2cncnc2)c1. The number of rotatable bonds is 4. The van der Waals surface area contributed by atoms with Gasteiger partial charge >= 0.3 is 0 Å². The van der Waals surface area contributed by atoms with Crippen molar-refractivity contribution in [1.82, 2.24) is 9.97 Å². The third-order valence-electron chi connectivity index (χ3n) is 2.33. The fourth-order valence-electron chi connectivity index (χ4n) is 1.44. The van der Waals surface area contributed by atoms with Gasteiger partial charge in [0.05, 0.1) is 18.1 Å². The second-order valence-corrected chi connectivity index (χ2v) is 6.21. The molecule has 100 valence electrons. The molecule has 2 aromatic rings. The quantitative estimate of drug-likeness (QED) is 0.877. The van der Waals surface area contributed by atoms with Crippen LogP contribution in [0, 0.1) is 0 Å². The molecule has 0 fully saturated rings. The van der Waals surface area contributed by atoms with E-state index in [1.165, 1.54) is 24.8 Å². The van der Waals surface area contributed by atoms with Crippen molar-refractivity contribution in [2.45, 2.75) is 11.4 Å². The fraction of sp³-hybridized carbons (Fsp3) is 0.0909. The molecule has 2 rings (SSSR count). The van der Waals surface area contributed by atoms with Gasteiger partial charge in [-0.2, -0.15) is 0 Å². The maximum atomic E-state index is 12.3. The van der Waals surface area contributed by atoms with Crippen LogP contribution in [0.5, 0.6) is 0 Å². The Morgan fingerprint density at radius 2 is 1.95 bits per heavy atom. The van der Waals surface area contributed by atoms with Gasteiger partial charge in [-0.1, -0.05) is 6.07 Å². The summed E-state index contributed by atoms with van der Waals surface area (Å²) in [5, 5.41) is 0. The van der Waals surface area contributed by atoms with Crippen molar-refractivity contribution < 1.29 is 8.42 Å². The van der Waals surface area contributed by atoms with Crippen LogP contribution in [0.25, 0.3) is 0 Å². The summed E-state index contributed by atoms with van der Waals surface area (Å²) in [4.78, 5) is 7.62. The second-order valence-electron chi connectivity index (χ2n) is 3.70. The molecule has 0 amide bonds. The van der Waals surface area contributed by atoms with Crippen LogP contribution >= 0.6 is 15.9 Å². The molecule has 0 aliphatic carbocycles. The van der Waals surface area contributed by atoms with E-state index in [-0.39, 0.29) is 11.4 Å². The number of hydrogen-bond acceptors (Lipinski definition) is 5. The first-order valence-corrected chi connectivity index (χ1v) is 7.57. The first kappa shape index (κ1) is 13.9. The molecule has 1 aromatic carbocycles. The molecule has 0 saturated carbocycles. The summed E-state index contributed by atoms with van der Waals surface area (Å²) >= 11 is 3.22. The minimum absolute atomic E-state index is 0.124. The number of halogens is 1. The predicted molar refractivity (Wildman–Crippen MR) is 74.9 cm³/mol. The number of nitrogens with zero attached hydrogens (tertiary/aromatic N) is 2. The highest BCUT2D eigenvalue weighted by molar-refractivity contribution is 9.10. The topological polar surface area (TPSA) is 98.0 Å². The van der Waals surface area contributed by atoms with E-state index in [1.807, 2.05) is 0 Å². The maximum Gasteiger partial charge on any atom is 0.263 e. The van der Waals surface area contributed by atoms with Gasteiger partial charge in [0.15, 0.2) is 0 Å². The Labute approximate surface area is 119 Å². The van der Waals surface area contributed by atoms with E-state index >= 15 is 0 Å². The predicted octanol–water partition coefficient (Wildman–Crippen LogP) is 1.50. The second kappa shape index (κ2) is 5.64. The summed E-state index contributed by atoms with van der Waals surface area (Å²) in [6.45, 7) is 0.268. The zero-order chi connectivity index (χ0) is 13.9. The highest BCUT2D eigenvalue weighted by atomic mass is 79.9. The van der Waals surface area contributed by atoms with Gasteiger partial charge in [0, 0.05) is 11.0 Å². The van der Waals surface area contributed by atoms with E-state index in [4.69, 9.17) is 5.73 Å². The van der Waals surface area contributed by atoms with Gasteiger partial charge in [-0.05, 0) is 33.6 Å². The zero-order valence-corrected chi connectivity index (χ0v) is 12.1. The van der Waals surface area contributed by atoms with Crippen LogP contribution in [0.3, 0.4) is 0 Å². The summed E-state index contributed by atoms with van der Waals surface area (Å²) in [7, 11) is -3.71. The highest BCUT2D eigenvalue weighted by Crippen LogP contribution is 2.25. The molecule has 19 heavy (non-hydrogen) atoms. The summed E-state index contributed by atoms with van der Waals surface area (Å²) in [5.41, 5.74) is 6.54. The zero-order valence-electron chi connectivity index (χ0n) is 9.75. The average Bonchev–Trinajstić information content (AvgIpc) is 2.39. The molecular formula is C11H11BrN4O2S. The summed E-state index contributed by atoms with van der Waals surface area (Å²) in [6, 6.07) is 4.93. The van der Waals surface area contributed by atoms with Crippen molar-refractivity contribution >= 4 is 31.6 Å². The Kier molecular flexibility index (Phi) is 4.13. The molecule has 8 heteroatoms. The lowest BCUT2D eigenvalue weighted by atomic mass is 10.2. The van der Waals surface area contributed by atoms with E-state index in [9.17, 15) is 8.42 Å². The molecule has 0 spiro atoms. The van der Waals surface area contributed by atoms with Crippen LogP contribution < -0.4 is 10.5 Å². The van der Waals surface area contributed by atoms with Crippen LogP contribution in [0.2, 0.25) is 0 Å². The smallest absolute Gasteiger partial charge is 0.263 e. The average molecular weight is 343 g/mol. The van der Waals surface area contributed by atoms with Gasteiger partial charge in [0.2, 0.25) is 0 Å². The molecule has 0 atom stereocenters. The Morgan fingerprint density at radius 3 is 2.58 bits per heavy atom. The highest BCUT2D eigenvalue weighted by Gasteiger charge is 2.18. The number of anilines is 1. The largest absolute Gasteiger partial charge is 0.326 e. The van der Waals surface area contributed by atoms with E-state index in [2.05, 4.69) is 30.6 Å². The standard InChI is InChI=1S/C11H11BrN4O2S/c12-10-2-1-8(4-13)3-11(10)19(17,18)16-9-5-14-7-15-6-9/h1-3,5-7,16H,4,13H2. The molecule has 6 nitrogen and oxygen atoms in total. The minimum atomic E-state index is -3.71. The molecule has 0 saturated heterocycles. The molecule has 0 radical (unpaired) electrons. The van der Waals surface area contributed by atoms with Crippen molar-refractivity contribution in [3.05, 3.63) is 47.0 Å². The van der Waals surface area contributed by atoms with Gasteiger partial charge < -0.3 is 5.73 Å². The van der Waals surface area contributed by atoms with Crippen molar-refractivity contribution in [3.8, 4) is 0 Å². The lowest BCUT2D eigenvalue weighted by Gasteiger charge is -2.10. The van der Waals surface area contributed by atoms with Crippen molar-refractivity contribution in [2.75, 3.05) is 4.72 Å². The first-order chi connectivity index (χ1) is 9.03. The van der Waals surface area contributed by atoms with Crippen LogP contribution in [-0.2, 0) is 16.6 Å². The monoisotopic (exact) mass is 342 g/mol. The third kappa shape index (κ3) is 3.28. The molecule has 0 aliphatic rings. The van der Waals surface area contributed by atoms with E-state index in [1.54, 1.807) is 12.1 Å². The third-order valence-corrected chi connectivity index (χ3v) is 4.71. The number of benzene rings is 1. The van der Waals surface area contributed by atoms with E-state index in [0.29, 0.717) is 10.2 Å². The molecule has 3 N–H and O–H groups in total. The molecule has 0 unspecified atom stereocenters. The summed E-state index contributed by atoms with van der Waals surface area (Å²) < 4.78 is 27.4. The number of nitrogens with two attached hydrogens (primary N) is 1. The lowest BCUT2D eigenvalue weighted by molar-refractivity contribution is 0.600. The maximum absolute atomic E-state index is 12.3. The van der Waals surface area contributed by atoms with Gasteiger partial charge in [0.1, 0.15) is 11.2 Å². The Bertz CT molecular complexity index is 676. The molecule has 0 aliphatic heterocycles. The molecule has 1 aromatic heterocycles. The van der Waals surface area contributed by atoms with Crippen LogP contribution in [0.4, 0.5) is 5.69 Å².